The van der Waals surface area contributed by atoms with E-state index >= 15 is 0 Å². The van der Waals surface area contributed by atoms with E-state index in [1.165, 1.54) is 10.6 Å². The molecule has 1 unspecified atom stereocenters. The number of hydrogen-bond acceptors (Lipinski definition) is 3. The Morgan fingerprint density at radius 1 is 1.35 bits per heavy atom. The Bertz CT molecular complexity index is 532. The van der Waals surface area contributed by atoms with E-state index < -0.39 is 0 Å². The van der Waals surface area contributed by atoms with Crippen LogP contribution in [0.1, 0.15) is 48.7 Å². The van der Waals surface area contributed by atoms with E-state index in [9.17, 15) is 4.39 Å². The van der Waals surface area contributed by atoms with Gasteiger partial charge in [0.25, 0.3) is 0 Å². The number of nitrogens with one attached hydrogen (secondary N) is 1. The van der Waals surface area contributed by atoms with E-state index in [0.717, 1.165) is 19.3 Å². The number of rotatable bonds is 5. The Balaban J connectivity index is 1.54. The van der Waals surface area contributed by atoms with E-state index in [-0.39, 0.29) is 5.82 Å². The summed E-state index contributed by atoms with van der Waals surface area (Å²) in [5.41, 5.74) is 1.26. The van der Waals surface area contributed by atoms with Gasteiger partial charge in [-0.3, -0.25) is 0 Å². The SMILES string of the molecule is CCC(NC1CC(c2ccc(F)cc2)C1)c1nccs1. The van der Waals surface area contributed by atoms with Gasteiger partial charge in [0.05, 0.1) is 6.04 Å². The first-order chi connectivity index (χ1) is 9.76. The van der Waals surface area contributed by atoms with Crippen LogP contribution in [0.15, 0.2) is 35.8 Å². The summed E-state index contributed by atoms with van der Waals surface area (Å²) in [5.74, 6) is 0.416. The Kier molecular flexibility index (Phi) is 4.13. The van der Waals surface area contributed by atoms with Crippen LogP contribution < -0.4 is 5.32 Å². The molecule has 0 bridgehead atoms. The first kappa shape index (κ1) is 13.7. The van der Waals surface area contributed by atoms with Crippen molar-refractivity contribution in [2.45, 2.75) is 44.2 Å². The van der Waals surface area contributed by atoms with Crippen LogP contribution in [0, 0.1) is 5.82 Å². The summed E-state index contributed by atoms with van der Waals surface area (Å²) < 4.78 is 12.9. The first-order valence-electron chi connectivity index (χ1n) is 7.17. The predicted octanol–water partition coefficient (Wildman–Crippen LogP) is 4.27. The second kappa shape index (κ2) is 6.02. The van der Waals surface area contributed by atoms with Crippen molar-refractivity contribution >= 4 is 11.3 Å². The van der Waals surface area contributed by atoms with Crippen LogP contribution in [0.25, 0.3) is 0 Å². The highest BCUT2D eigenvalue weighted by Gasteiger charge is 2.31. The molecule has 1 aliphatic rings. The van der Waals surface area contributed by atoms with Gasteiger partial charge in [-0.15, -0.1) is 11.3 Å². The fourth-order valence-corrected chi connectivity index (χ4v) is 3.60. The molecule has 1 aliphatic carbocycles. The standard InChI is InChI=1S/C16H19FN2S/c1-2-15(16-18-7-8-20-16)19-14-9-12(10-14)11-3-5-13(17)6-4-11/h3-8,12,14-15,19H,2,9-10H2,1H3. The van der Waals surface area contributed by atoms with Gasteiger partial charge >= 0.3 is 0 Å². The molecule has 3 rings (SSSR count). The molecule has 1 aromatic carbocycles. The number of halogens is 1. The second-order valence-electron chi connectivity index (χ2n) is 5.41. The highest BCUT2D eigenvalue weighted by Crippen LogP contribution is 2.38. The smallest absolute Gasteiger partial charge is 0.123 e. The zero-order valence-electron chi connectivity index (χ0n) is 11.6. The minimum Gasteiger partial charge on any atom is -0.305 e. The van der Waals surface area contributed by atoms with E-state index in [0.29, 0.717) is 18.0 Å². The van der Waals surface area contributed by atoms with Crippen molar-refractivity contribution in [1.29, 1.82) is 0 Å². The summed E-state index contributed by atoms with van der Waals surface area (Å²) in [7, 11) is 0. The zero-order valence-corrected chi connectivity index (χ0v) is 12.4. The van der Waals surface area contributed by atoms with E-state index in [1.54, 1.807) is 23.5 Å². The summed E-state index contributed by atoms with van der Waals surface area (Å²) in [6, 6.07) is 7.86. The molecular formula is C16H19FN2S. The number of nitrogens with zero attached hydrogens (tertiary/aromatic N) is 1. The molecule has 1 heterocycles. The summed E-state index contributed by atoms with van der Waals surface area (Å²) in [6.07, 6.45) is 5.19. The zero-order chi connectivity index (χ0) is 13.9. The Labute approximate surface area is 123 Å². The molecule has 20 heavy (non-hydrogen) atoms. The molecule has 1 N–H and O–H groups in total. The number of aromatic nitrogens is 1. The normalized spacial score (nSPS) is 23.3. The van der Waals surface area contributed by atoms with Crippen molar-refractivity contribution < 1.29 is 4.39 Å². The predicted molar refractivity (Wildman–Crippen MR) is 80.4 cm³/mol. The van der Waals surface area contributed by atoms with Gasteiger partial charge in [0.1, 0.15) is 10.8 Å². The molecule has 1 aromatic heterocycles. The van der Waals surface area contributed by atoms with E-state index in [1.807, 2.05) is 23.7 Å². The van der Waals surface area contributed by atoms with Gasteiger partial charge in [-0.05, 0) is 42.9 Å². The molecule has 2 aromatic rings. The van der Waals surface area contributed by atoms with Crippen molar-refractivity contribution in [2.24, 2.45) is 0 Å². The fourth-order valence-electron chi connectivity index (χ4n) is 2.82. The second-order valence-corrected chi connectivity index (χ2v) is 6.34. The lowest BCUT2D eigenvalue weighted by molar-refractivity contribution is 0.262. The molecule has 1 atom stereocenters. The lowest BCUT2D eigenvalue weighted by Gasteiger charge is -2.38. The van der Waals surface area contributed by atoms with Crippen LogP contribution in [0.2, 0.25) is 0 Å². The minimum absolute atomic E-state index is 0.155. The maximum absolute atomic E-state index is 12.9. The monoisotopic (exact) mass is 290 g/mol. The molecule has 106 valence electrons. The van der Waals surface area contributed by atoms with Crippen LogP contribution in [-0.4, -0.2) is 11.0 Å². The molecule has 0 spiro atoms. The maximum Gasteiger partial charge on any atom is 0.123 e. The topological polar surface area (TPSA) is 24.9 Å². The lowest BCUT2D eigenvalue weighted by Crippen LogP contribution is -2.41. The Hall–Kier alpha value is -1.26. The van der Waals surface area contributed by atoms with E-state index in [4.69, 9.17) is 0 Å². The first-order valence-corrected chi connectivity index (χ1v) is 8.05. The average Bonchev–Trinajstić information content (AvgIpc) is 2.93. The highest BCUT2D eigenvalue weighted by molar-refractivity contribution is 7.09. The molecule has 1 fully saturated rings. The molecule has 4 heteroatoms. The van der Waals surface area contributed by atoms with Crippen molar-refractivity contribution in [1.82, 2.24) is 10.3 Å². The van der Waals surface area contributed by atoms with E-state index in [2.05, 4.69) is 17.2 Å². The van der Waals surface area contributed by atoms with Crippen LogP contribution in [0.5, 0.6) is 0 Å². The molecule has 1 saturated carbocycles. The number of benzene rings is 1. The van der Waals surface area contributed by atoms with Gasteiger partial charge in [-0.2, -0.15) is 0 Å². The number of hydrogen-bond donors (Lipinski definition) is 1. The lowest BCUT2D eigenvalue weighted by atomic mass is 9.75. The van der Waals surface area contributed by atoms with Crippen LogP contribution in [0.3, 0.4) is 0 Å². The molecule has 2 nitrogen and oxygen atoms in total. The van der Waals surface area contributed by atoms with Gasteiger partial charge in [0.15, 0.2) is 0 Å². The molecule has 0 radical (unpaired) electrons. The molecular weight excluding hydrogens is 271 g/mol. The van der Waals surface area contributed by atoms with Gasteiger partial charge < -0.3 is 5.32 Å². The largest absolute Gasteiger partial charge is 0.305 e. The fraction of sp³-hybridized carbons (Fsp3) is 0.438. The summed E-state index contributed by atoms with van der Waals surface area (Å²) in [5, 5.41) is 6.90. The summed E-state index contributed by atoms with van der Waals surface area (Å²) in [4.78, 5) is 4.40. The summed E-state index contributed by atoms with van der Waals surface area (Å²) >= 11 is 1.72. The molecule has 0 aliphatic heterocycles. The van der Waals surface area contributed by atoms with Gasteiger partial charge in [-0.1, -0.05) is 19.1 Å². The quantitative estimate of drug-likeness (QED) is 0.889. The van der Waals surface area contributed by atoms with Crippen LogP contribution in [-0.2, 0) is 0 Å². The average molecular weight is 290 g/mol. The van der Waals surface area contributed by atoms with Gasteiger partial charge in [-0.25, -0.2) is 9.37 Å². The number of thiazole rings is 1. The van der Waals surface area contributed by atoms with Crippen molar-refractivity contribution in [3.05, 3.63) is 52.2 Å². The summed E-state index contributed by atoms with van der Waals surface area (Å²) in [6.45, 7) is 2.19. The third-order valence-electron chi connectivity index (χ3n) is 4.07. The molecule has 0 amide bonds. The Morgan fingerprint density at radius 3 is 2.70 bits per heavy atom. The third kappa shape index (κ3) is 2.91. The Morgan fingerprint density at radius 2 is 2.10 bits per heavy atom. The van der Waals surface area contributed by atoms with Crippen LogP contribution >= 0.6 is 11.3 Å². The van der Waals surface area contributed by atoms with Crippen molar-refractivity contribution in [2.75, 3.05) is 0 Å². The van der Waals surface area contributed by atoms with Gasteiger partial charge in [0.2, 0.25) is 0 Å². The van der Waals surface area contributed by atoms with Crippen molar-refractivity contribution in [3.8, 4) is 0 Å². The minimum atomic E-state index is -0.155. The van der Waals surface area contributed by atoms with Crippen molar-refractivity contribution in [3.63, 3.8) is 0 Å². The third-order valence-corrected chi connectivity index (χ3v) is 4.96. The molecule has 0 saturated heterocycles. The highest BCUT2D eigenvalue weighted by atomic mass is 32.1. The maximum atomic E-state index is 12.9. The van der Waals surface area contributed by atoms with Crippen LogP contribution in [0.4, 0.5) is 4.39 Å². The van der Waals surface area contributed by atoms with Gasteiger partial charge in [0, 0.05) is 17.6 Å².